The van der Waals surface area contributed by atoms with Gasteiger partial charge in [-0.1, -0.05) is 30.3 Å². The van der Waals surface area contributed by atoms with E-state index in [0.29, 0.717) is 35.0 Å². The molecular formula is C25H25N3O3. The first kappa shape index (κ1) is 20.5. The second kappa shape index (κ2) is 8.92. The van der Waals surface area contributed by atoms with Crippen LogP contribution in [0.3, 0.4) is 0 Å². The highest BCUT2D eigenvalue weighted by molar-refractivity contribution is 5.86. The SMILES string of the molecule is CCOc1cc([C@@H](Nc2ccccn2)c2ccc3ccc(C)nc3c2O)ccc1OC. The highest BCUT2D eigenvalue weighted by atomic mass is 16.5. The Hall–Kier alpha value is -3.80. The molecule has 2 aromatic carbocycles. The van der Waals surface area contributed by atoms with Gasteiger partial charge in [0.15, 0.2) is 11.5 Å². The van der Waals surface area contributed by atoms with Crippen LogP contribution < -0.4 is 14.8 Å². The van der Waals surface area contributed by atoms with Crippen LogP contribution in [0.4, 0.5) is 5.82 Å². The molecule has 31 heavy (non-hydrogen) atoms. The number of phenols is 1. The van der Waals surface area contributed by atoms with Gasteiger partial charge in [0.1, 0.15) is 17.1 Å². The van der Waals surface area contributed by atoms with Crippen molar-refractivity contribution in [3.63, 3.8) is 0 Å². The summed E-state index contributed by atoms with van der Waals surface area (Å²) in [7, 11) is 1.62. The van der Waals surface area contributed by atoms with Crippen LogP contribution in [0, 0.1) is 6.92 Å². The van der Waals surface area contributed by atoms with Crippen LogP contribution in [0.15, 0.2) is 66.9 Å². The molecule has 0 bridgehead atoms. The maximum atomic E-state index is 11.2. The lowest BCUT2D eigenvalue weighted by atomic mass is 9.95. The number of fused-ring (bicyclic) bond motifs is 1. The summed E-state index contributed by atoms with van der Waals surface area (Å²) in [4.78, 5) is 8.96. The molecule has 0 aliphatic heterocycles. The van der Waals surface area contributed by atoms with Crippen LogP contribution in [-0.2, 0) is 0 Å². The van der Waals surface area contributed by atoms with Crippen molar-refractivity contribution >= 4 is 16.7 Å². The first-order chi connectivity index (χ1) is 15.1. The van der Waals surface area contributed by atoms with E-state index in [4.69, 9.17) is 9.47 Å². The van der Waals surface area contributed by atoms with Crippen LogP contribution in [0.25, 0.3) is 10.9 Å². The molecule has 0 saturated heterocycles. The molecule has 4 rings (SSSR count). The number of ether oxygens (including phenoxy) is 2. The molecule has 0 saturated carbocycles. The number of nitrogens with zero attached hydrogens (tertiary/aromatic N) is 2. The maximum absolute atomic E-state index is 11.2. The number of methoxy groups -OCH3 is 1. The smallest absolute Gasteiger partial charge is 0.161 e. The van der Waals surface area contributed by atoms with Crippen LogP contribution in [0.1, 0.15) is 29.8 Å². The summed E-state index contributed by atoms with van der Waals surface area (Å²) < 4.78 is 11.2. The molecule has 2 aromatic heterocycles. The van der Waals surface area contributed by atoms with Gasteiger partial charge < -0.3 is 19.9 Å². The highest BCUT2D eigenvalue weighted by Gasteiger charge is 2.22. The Bertz CT molecular complexity index is 1200. The summed E-state index contributed by atoms with van der Waals surface area (Å²) >= 11 is 0. The van der Waals surface area contributed by atoms with Crippen LogP contribution in [0.5, 0.6) is 17.2 Å². The van der Waals surface area contributed by atoms with Gasteiger partial charge in [0.2, 0.25) is 0 Å². The minimum atomic E-state index is -0.383. The number of aromatic nitrogens is 2. The lowest BCUT2D eigenvalue weighted by Gasteiger charge is -2.23. The van der Waals surface area contributed by atoms with E-state index < -0.39 is 0 Å². The predicted molar refractivity (Wildman–Crippen MR) is 122 cm³/mol. The zero-order chi connectivity index (χ0) is 21.8. The van der Waals surface area contributed by atoms with Crippen molar-refractivity contribution in [3.8, 4) is 17.2 Å². The second-order valence-corrected chi connectivity index (χ2v) is 7.16. The van der Waals surface area contributed by atoms with Crippen molar-refractivity contribution in [3.05, 3.63) is 83.7 Å². The fraction of sp³-hybridized carbons (Fsp3) is 0.200. The number of benzene rings is 2. The topological polar surface area (TPSA) is 76.5 Å². The molecule has 6 heteroatoms. The largest absolute Gasteiger partial charge is 0.505 e. The van der Waals surface area contributed by atoms with Gasteiger partial charge in [-0.3, -0.25) is 0 Å². The summed E-state index contributed by atoms with van der Waals surface area (Å²) in [6, 6.07) is 18.8. The number of anilines is 1. The maximum Gasteiger partial charge on any atom is 0.161 e. The predicted octanol–water partition coefficient (Wildman–Crippen LogP) is 5.25. The molecule has 1 atom stereocenters. The van der Waals surface area contributed by atoms with Gasteiger partial charge in [0.05, 0.1) is 19.8 Å². The Kier molecular flexibility index (Phi) is 5.89. The van der Waals surface area contributed by atoms with E-state index in [1.165, 1.54) is 0 Å². The third kappa shape index (κ3) is 4.23. The van der Waals surface area contributed by atoms with Crippen molar-refractivity contribution in [2.75, 3.05) is 19.0 Å². The second-order valence-electron chi connectivity index (χ2n) is 7.16. The molecule has 0 aliphatic carbocycles. The van der Waals surface area contributed by atoms with Gasteiger partial charge in [-0.2, -0.15) is 0 Å². The molecule has 0 amide bonds. The molecule has 2 heterocycles. The van der Waals surface area contributed by atoms with Crippen molar-refractivity contribution in [1.82, 2.24) is 9.97 Å². The summed E-state index contributed by atoms with van der Waals surface area (Å²) in [5.41, 5.74) is 3.02. The van der Waals surface area contributed by atoms with Crippen LogP contribution in [0.2, 0.25) is 0 Å². The van der Waals surface area contributed by atoms with E-state index in [2.05, 4.69) is 15.3 Å². The summed E-state index contributed by atoms with van der Waals surface area (Å²) in [6.45, 7) is 4.36. The van der Waals surface area contributed by atoms with Gasteiger partial charge in [-0.25, -0.2) is 9.97 Å². The summed E-state index contributed by atoms with van der Waals surface area (Å²) in [5, 5.41) is 15.5. The van der Waals surface area contributed by atoms with Gasteiger partial charge in [0.25, 0.3) is 0 Å². The van der Waals surface area contributed by atoms with E-state index in [1.807, 2.05) is 74.5 Å². The number of aryl methyl sites for hydroxylation is 1. The number of hydrogen-bond acceptors (Lipinski definition) is 6. The van der Waals surface area contributed by atoms with Gasteiger partial charge in [-0.05, 0) is 49.7 Å². The molecular weight excluding hydrogens is 390 g/mol. The van der Waals surface area contributed by atoms with E-state index in [0.717, 1.165) is 16.6 Å². The molecule has 158 valence electrons. The number of nitrogens with one attached hydrogen (secondary N) is 1. The lowest BCUT2D eigenvalue weighted by molar-refractivity contribution is 0.310. The van der Waals surface area contributed by atoms with Crippen LogP contribution >= 0.6 is 0 Å². The Labute approximate surface area is 181 Å². The fourth-order valence-electron chi connectivity index (χ4n) is 3.60. The quantitative estimate of drug-likeness (QED) is 0.429. The van der Waals surface area contributed by atoms with Crippen molar-refractivity contribution in [2.45, 2.75) is 19.9 Å². The highest BCUT2D eigenvalue weighted by Crippen LogP contribution is 2.39. The van der Waals surface area contributed by atoms with Crippen molar-refractivity contribution in [2.24, 2.45) is 0 Å². The third-order valence-corrected chi connectivity index (χ3v) is 5.09. The zero-order valence-electron chi connectivity index (χ0n) is 17.8. The number of aromatic hydroxyl groups is 1. The number of pyridine rings is 2. The molecule has 0 unspecified atom stereocenters. The minimum Gasteiger partial charge on any atom is -0.505 e. The van der Waals surface area contributed by atoms with Crippen molar-refractivity contribution in [1.29, 1.82) is 0 Å². The molecule has 0 radical (unpaired) electrons. The lowest BCUT2D eigenvalue weighted by Crippen LogP contribution is -2.14. The van der Waals surface area contributed by atoms with E-state index in [9.17, 15) is 5.11 Å². The molecule has 0 fully saturated rings. The number of hydrogen-bond donors (Lipinski definition) is 2. The summed E-state index contributed by atoms with van der Waals surface area (Å²) in [6.07, 6.45) is 1.73. The monoisotopic (exact) mass is 415 g/mol. The van der Waals surface area contributed by atoms with E-state index in [-0.39, 0.29) is 11.8 Å². The standard InChI is InChI=1S/C25H25N3O3/c1-4-31-21-15-18(11-13-20(21)30-3)23(28-22-7-5-6-14-26-22)19-12-10-17-9-8-16(2)27-24(17)25(19)29/h5-15,23,29H,4H2,1-3H3,(H,26,28)/t23-/m1/s1. The first-order valence-electron chi connectivity index (χ1n) is 10.2. The minimum absolute atomic E-state index is 0.142. The van der Waals surface area contributed by atoms with Crippen molar-refractivity contribution < 1.29 is 14.6 Å². The molecule has 0 aliphatic rings. The van der Waals surface area contributed by atoms with Gasteiger partial charge in [0, 0.05) is 22.8 Å². The zero-order valence-corrected chi connectivity index (χ0v) is 17.8. The van der Waals surface area contributed by atoms with E-state index in [1.54, 1.807) is 13.3 Å². The number of rotatable bonds is 7. The van der Waals surface area contributed by atoms with Gasteiger partial charge in [-0.15, -0.1) is 0 Å². The van der Waals surface area contributed by atoms with Crippen LogP contribution in [-0.4, -0.2) is 28.8 Å². The first-order valence-corrected chi connectivity index (χ1v) is 10.2. The molecule has 2 N–H and O–H groups in total. The average molecular weight is 415 g/mol. The number of phenolic OH excluding ortho intramolecular Hbond substituents is 1. The summed E-state index contributed by atoms with van der Waals surface area (Å²) in [5.74, 6) is 2.13. The van der Waals surface area contributed by atoms with Gasteiger partial charge >= 0.3 is 0 Å². The Morgan fingerprint density at radius 2 is 1.87 bits per heavy atom. The average Bonchev–Trinajstić information content (AvgIpc) is 2.79. The Balaban J connectivity index is 1.87. The Morgan fingerprint density at radius 1 is 1.03 bits per heavy atom. The third-order valence-electron chi connectivity index (χ3n) is 5.09. The molecule has 4 aromatic rings. The molecule has 0 spiro atoms. The normalized spacial score (nSPS) is 11.8. The molecule has 6 nitrogen and oxygen atoms in total. The van der Waals surface area contributed by atoms with E-state index >= 15 is 0 Å². The Morgan fingerprint density at radius 3 is 2.61 bits per heavy atom. The fourth-order valence-corrected chi connectivity index (χ4v) is 3.60.